The number of ether oxygens (including phenoxy) is 10. The molecule has 1 aliphatic rings. The van der Waals surface area contributed by atoms with Gasteiger partial charge < -0.3 is 47.4 Å². The first-order valence-electron chi connectivity index (χ1n) is 19.4. The lowest BCUT2D eigenvalue weighted by Gasteiger charge is -2.34. The van der Waals surface area contributed by atoms with Gasteiger partial charge in [-0.15, -0.1) is 0 Å². The molecule has 0 atom stereocenters. The predicted octanol–water partition coefficient (Wildman–Crippen LogP) is 6.52. The van der Waals surface area contributed by atoms with Crippen LogP contribution in [-0.2, 0) is 43.3 Å². The number of rotatable bonds is 26. The van der Waals surface area contributed by atoms with Crippen molar-refractivity contribution in [1.29, 1.82) is 0 Å². The van der Waals surface area contributed by atoms with Crippen LogP contribution in [0, 0.1) is 0 Å². The highest BCUT2D eigenvalue weighted by Gasteiger charge is 2.47. The van der Waals surface area contributed by atoms with Crippen molar-refractivity contribution < 1.29 is 57.0 Å². The van der Waals surface area contributed by atoms with Crippen molar-refractivity contribution in [3.8, 4) is 22.6 Å². The van der Waals surface area contributed by atoms with Crippen molar-refractivity contribution >= 4 is 11.9 Å². The molecule has 0 spiro atoms. The van der Waals surface area contributed by atoms with Gasteiger partial charge in [-0.2, -0.15) is 0 Å². The third-order valence-electron chi connectivity index (χ3n) is 9.35. The normalized spacial score (nSPS) is 12.5. The Labute approximate surface area is 335 Å². The molecule has 306 valence electrons. The number of hydrogen-bond donors (Lipinski definition) is 0. The molecule has 57 heavy (non-hydrogen) atoms. The second-order valence-corrected chi connectivity index (χ2v) is 12.8. The van der Waals surface area contributed by atoms with E-state index in [1.54, 1.807) is 40.2 Å². The average Bonchev–Trinajstić information content (AvgIpc) is 3.54. The van der Waals surface area contributed by atoms with E-state index in [9.17, 15) is 9.59 Å². The molecule has 0 unspecified atom stereocenters. The molecule has 0 saturated heterocycles. The van der Waals surface area contributed by atoms with Crippen molar-refractivity contribution in [2.45, 2.75) is 19.3 Å². The zero-order chi connectivity index (χ0) is 40.3. The van der Waals surface area contributed by atoms with E-state index >= 15 is 0 Å². The van der Waals surface area contributed by atoms with Crippen molar-refractivity contribution in [2.75, 3.05) is 107 Å². The largest absolute Gasteiger partial charge is 0.490 e. The highest BCUT2D eigenvalue weighted by Crippen LogP contribution is 2.56. The fraction of sp³-hybridized carbons (Fsp3) is 0.422. The molecule has 1 aliphatic carbocycles. The molecule has 12 nitrogen and oxygen atoms in total. The van der Waals surface area contributed by atoms with Crippen LogP contribution in [-0.4, -0.2) is 119 Å². The first kappa shape index (κ1) is 43.3. The molecule has 12 heteroatoms. The Kier molecular flexibility index (Phi) is 17.3. The Bertz CT molecular complexity index is 1740. The molecule has 0 amide bonds. The topological polar surface area (TPSA) is 126 Å². The summed E-state index contributed by atoms with van der Waals surface area (Å²) < 4.78 is 55.7. The van der Waals surface area contributed by atoms with Gasteiger partial charge in [-0.05, 0) is 71.5 Å². The molecular weight excluding hydrogens is 732 g/mol. The minimum atomic E-state index is -0.968. The highest BCUT2D eigenvalue weighted by molar-refractivity contribution is 5.95. The van der Waals surface area contributed by atoms with Gasteiger partial charge >= 0.3 is 11.9 Å². The van der Waals surface area contributed by atoms with E-state index in [-0.39, 0.29) is 37.6 Å². The van der Waals surface area contributed by atoms with Crippen LogP contribution in [0.15, 0.2) is 84.9 Å². The molecule has 0 saturated carbocycles. The fourth-order valence-electron chi connectivity index (χ4n) is 6.89. The second-order valence-electron chi connectivity index (χ2n) is 12.8. The van der Waals surface area contributed by atoms with Gasteiger partial charge in [-0.25, -0.2) is 9.59 Å². The summed E-state index contributed by atoms with van der Waals surface area (Å²) in [4.78, 5) is 27.3. The number of benzene rings is 4. The molecule has 4 aromatic rings. The van der Waals surface area contributed by atoms with Crippen LogP contribution in [0.25, 0.3) is 11.1 Å². The molecular formula is C45H54O12. The maximum atomic E-state index is 13.7. The van der Waals surface area contributed by atoms with Crippen molar-refractivity contribution in [3.05, 3.63) is 118 Å². The molecule has 5 rings (SSSR count). The van der Waals surface area contributed by atoms with Crippen molar-refractivity contribution in [3.63, 3.8) is 0 Å². The van der Waals surface area contributed by atoms with E-state index in [1.165, 1.54) is 0 Å². The van der Waals surface area contributed by atoms with Crippen LogP contribution < -0.4 is 9.47 Å². The lowest BCUT2D eigenvalue weighted by atomic mass is 9.67. The van der Waals surface area contributed by atoms with Crippen LogP contribution in [0.4, 0.5) is 0 Å². The Balaban J connectivity index is 1.51. The van der Waals surface area contributed by atoms with E-state index < -0.39 is 17.4 Å². The predicted molar refractivity (Wildman–Crippen MR) is 214 cm³/mol. The van der Waals surface area contributed by atoms with Gasteiger partial charge in [0.2, 0.25) is 0 Å². The summed E-state index contributed by atoms with van der Waals surface area (Å²) in [5, 5.41) is 0. The van der Waals surface area contributed by atoms with Crippen LogP contribution in [0.3, 0.4) is 0 Å². The minimum Gasteiger partial charge on any atom is -0.490 e. The molecule has 0 aliphatic heterocycles. The molecule has 0 aromatic heterocycles. The number of methoxy groups -OCH3 is 2. The van der Waals surface area contributed by atoms with Crippen molar-refractivity contribution in [1.82, 2.24) is 0 Å². The Morgan fingerprint density at radius 3 is 1.23 bits per heavy atom. The SMILES string of the molecule is CCOC(=O)c1cc(C2(c3ccc(OCCOCCOCCOC)c(C(=O)OCC)c3)c3ccccc3-c3ccccc32)ccc1OCCOCCOCCOC. The maximum absolute atomic E-state index is 13.7. The molecule has 0 N–H and O–H groups in total. The first-order chi connectivity index (χ1) is 28.0. The quantitative estimate of drug-likeness (QED) is 0.0448. The lowest BCUT2D eigenvalue weighted by molar-refractivity contribution is 0.0177. The summed E-state index contributed by atoms with van der Waals surface area (Å²) >= 11 is 0. The van der Waals surface area contributed by atoms with E-state index in [0.717, 1.165) is 33.4 Å². The third kappa shape index (κ3) is 10.8. The van der Waals surface area contributed by atoms with Crippen LogP contribution in [0.5, 0.6) is 11.5 Å². The fourth-order valence-corrected chi connectivity index (χ4v) is 6.89. The monoisotopic (exact) mass is 786 g/mol. The van der Waals surface area contributed by atoms with Gasteiger partial charge in [0.25, 0.3) is 0 Å². The van der Waals surface area contributed by atoms with Crippen LogP contribution >= 0.6 is 0 Å². The summed E-state index contributed by atoms with van der Waals surface area (Å²) in [6, 6.07) is 27.6. The standard InChI is InChI=1S/C45H54O12/c1-5-54-43(46)37-31-33(15-17-41(37)56-29-27-52-25-23-50-21-19-48-3)45(39-13-9-7-11-35(39)36-12-8-10-14-40(36)45)34-16-18-42(38(32-34)44(47)55-6-2)57-30-28-53-26-24-51-22-20-49-4/h7-18,31-32H,5-6,19-30H2,1-4H3. The zero-order valence-corrected chi connectivity index (χ0v) is 33.4. The number of fused-ring (bicyclic) bond motifs is 3. The van der Waals surface area contributed by atoms with Crippen molar-refractivity contribution in [2.24, 2.45) is 0 Å². The molecule has 0 bridgehead atoms. The Morgan fingerprint density at radius 1 is 0.474 bits per heavy atom. The summed E-state index contributed by atoms with van der Waals surface area (Å²) in [5.74, 6) is -0.300. The molecule has 0 fully saturated rings. The lowest BCUT2D eigenvalue weighted by Crippen LogP contribution is -2.29. The summed E-state index contributed by atoms with van der Waals surface area (Å²) in [6.45, 7) is 8.58. The smallest absolute Gasteiger partial charge is 0.341 e. The van der Waals surface area contributed by atoms with Gasteiger partial charge in [-0.1, -0.05) is 60.7 Å². The molecule has 0 radical (unpaired) electrons. The van der Waals surface area contributed by atoms with E-state index in [0.29, 0.717) is 77.6 Å². The third-order valence-corrected chi connectivity index (χ3v) is 9.35. The number of esters is 2. The van der Waals surface area contributed by atoms with Gasteiger partial charge in [0.1, 0.15) is 35.8 Å². The van der Waals surface area contributed by atoms with Gasteiger partial charge in [-0.3, -0.25) is 0 Å². The van der Waals surface area contributed by atoms with Gasteiger partial charge in [0, 0.05) is 14.2 Å². The summed E-state index contributed by atoms with van der Waals surface area (Å²) in [6.07, 6.45) is 0. The van der Waals surface area contributed by atoms with Gasteiger partial charge in [0.15, 0.2) is 0 Å². The molecule has 4 aromatic carbocycles. The number of carbonyl (C=O) groups excluding carboxylic acids is 2. The maximum Gasteiger partial charge on any atom is 0.341 e. The van der Waals surface area contributed by atoms with E-state index in [4.69, 9.17) is 47.4 Å². The van der Waals surface area contributed by atoms with E-state index in [2.05, 4.69) is 24.3 Å². The number of carbonyl (C=O) groups is 2. The summed E-state index contributed by atoms with van der Waals surface area (Å²) in [5.41, 5.74) is 5.19. The minimum absolute atomic E-state index is 0.184. The van der Waals surface area contributed by atoms with Crippen LogP contribution in [0.1, 0.15) is 56.8 Å². The zero-order valence-electron chi connectivity index (χ0n) is 33.4. The number of hydrogen-bond acceptors (Lipinski definition) is 12. The Morgan fingerprint density at radius 2 is 0.842 bits per heavy atom. The van der Waals surface area contributed by atoms with E-state index in [1.807, 2.05) is 48.5 Å². The molecule has 0 heterocycles. The first-order valence-corrected chi connectivity index (χ1v) is 19.4. The van der Waals surface area contributed by atoms with Gasteiger partial charge in [0.05, 0.1) is 84.7 Å². The highest BCUT2D eigenvalue weighted by atomic mass is 16.6. The second kappa shape index (κ2) is 22.8. The average molecular weight is 787 g/mol. The Hall–Kier alpha value is -4.82. The summed E-state index contributed by atoms with van der Waals surface area (Å²) in [7, 11) is 3.25. The van der Waals surface area contributed by atoms with Crippen LogP contribution in [0.2, 0.25) is 0 Å².